The van der Waals surface area contributed by atoms with Crippen LogP contribution >= 0.6 is 0 Å². The lowest BCUT2D eigenvalue weighted by Crippen LogP contribution is -2.38. The summed E-state index contributed by atoms with van der Waals surface area (Å²) >= 11 is 0. The molecule has 0 unspecified atom stereocenters. The predicted octanol–water partition coefficient (Wildman–Crippen LogP) is 2.11. The van der Waals surface area contributed by atoms with E-state index in [1.54, 1.807) is 31.4 Å². The molecule has 22 heavy (non-hydrogen) atoms. The lowest BCUT2D eigenvalue weighted by Gasteiger charge is -2.17. The number of sulfonamides is 1. The molecule has 0 saturated heterocycles. The molecule has 6 heteroatoms. The first-order chi connectivity index (χ1) is 10.4. The first-order valence-electron chi connectivity index (χ1n) is 6.90. The van der Waals surface area contributed by atoms with Crippen LogP contribution in [0.5, 0.6) is 5.75 Å². The molecule has 0 heterocycles. The van der Waals surface area contributed by atoms with Crippen LogP contribution in [-0.2, 0) is 16.4 Å². The van der Waals surface area contributed by atoms with Gasteiger partial charge in [-0.25, -0.2) is 8.42 Å². The zero-order valence-corrected chi connectivity index (χ0v) is 13.5. The Balaban J connectivity index is 2.04. The van der Waals surface area contributed by atoms with Gasteiger partial charge in [0.2, 0.25) is 0 Å². The van der Waals surface area contributed by atoms with Crippen molar-refractivity contribution < 1.29 is 13.2 Å². The molecule has 2 N–H and O–H groups in total. The third kappa shape index (κ3) is 3.85. The van der Waals surface area contributed by atoms with Crippen molar-refractivity contribution in [3.8, 4) is 5.75 Å². The molecule has 2 aromatic carbocycles. The van der Waals surface area contributed by atoms with Crippen LogP contribution in [0.4, 0.5) is 0 Å². The third-order valence-electron chi connectivity index (χ3n) is 3.41. The van der Waals surface area contributed by atoms with E-state index in [1.165, 1.54) is 0 Å². The summed E-state index contributed by atoms with van der Waals surface area (Å²) in [5, 5.41) is 0. The van der Waals surface area contributed by atoms with Crippen LogP contribution in [0.3, 0.4) is 0 Å². The second-order valence-corrected chi connectivity index (χ2v) is 6.92. The van der Waals surface area contributed by atoms with E-state index in [1.807, 2.05) is 31.2 Å². The van der Waals surface area contributed by atoms with Crippen molar-refractivity contribution in [2.75, 3.05) is 13.7 Å². The average molecular weight is 320 g/mol. The summed E-state index contributed by atoms with van der Waals surface area (Å²) in [6.07, 6.45) is 0.533. The highest BCUT2D eigenvalue weighted by Gasteiger charge is 2.20. The van der Waals surface area contributed by atoms with E-state index < -0.39 is 10.0 Å². The van der Waals surface area contributed by atoms with Crippen LogP contribution in [0.1, 0.15) is 11.1 Å². The Bertz CT molecular complexity index is 710. The van der Waals surface area contributed by atoms with Gasteiger partial charge in [-0.15, -0.1) is 4.41 Å². The molecule has 0 aliphatic rings. The normalized spacial score (nSPS) is 11.6. The highest BCUT2D eigenvalue weighted by atomic mass is 32.2. The van der Waals surface area contributed by atoms with Crippen molar-refractivity contribution in [1.82, 2.24) is 4.41 Å². The van der Waals surface area contributed by atoms with Gasteiger partial charge in [0.15, 0.2) is 0 Å². The number of benzene rings is 2. The molecule has 2 aromatic rings. The molecule has 118 valence electrons. The Hall–Kier alpha value is -1.89. The van der Waals surface area contributed by atoms with Gasteiger partial charge in [-0.05, 0) is 43.2 Å². The molecular weight excluding hydrogens is 300 g/mol. The number of hydrazine groups is 1. The monoisotopic (exact) mass is 320 g/mol. The van der Waals surface area contributed by atoms with Gasteiger partial charge in [0.1, 0.15) is 5.75 Å². The van der Waals surface area contributed by atoms with Gasteiger partial charge in [0.05, 0.1) is 12.0 Å². The Labute approximate surface area is 131 Å². The summed E-state index contributed by atoms with van der Waals surface area (Å²) in [5.41, 5.74) is 2.00. The molecule has 5 nitrogen and oxygen atoms in total. The number of ether oxygens (including phenoxy) is 1. The Kier molecular flexibility index (Phi) is 5.18. The summed E-state index contributed by atoms with van der Waals surface area (Å²) in [4.78, 5) is 0.204. The van der Waals surface area contributed by atoms with Crippen LogP contribution in [0.2, 0.25) is 0 Å². The Morgan fingerprint density at radius 1 is 1.05 bits per heavy atom. The van der Waals surface area contributed by atoms with Crippen LogP contribution in [0.25, 0.3) is 0 Å². The zero-order chi connectivity index (χ0) is 16.2. The van der Waals surface area contributed by atoms with Crippen molar-refractivity contribution in [2.24, 2.45) is 5.84 Å². The molecule has 0 aliphatic heterocycles. The van der Waals surface area contributed by atoms with Crippen LogP contribution in [0, 0.1) is 6.92 Å². The number of nitrogens with zero attached hydrogens (tertiary/aromatic N) is 1. The fraction of sp³-hybridized carbons (Fsp3) is 0.250. The van der Waals surface area contributed by atoms with Gasteiger partial charge in [0, 0.05) is 6.54 Å². The highest BCUT2D eigenvalue weighted by Crippen LogP contribution is 2.15. The van der Waals surface area contributed by atoms with E-state index in [0.717, 1.165) is 21.3 Å². The molecule has 0 saturated carbocycles. The molecule has 0 bridgehead atoms. The number of aryl methyl sites for hydroxylation is 1. The molecule has 0 amide bonds. The lowest BCUT2D eigenvalue weighted by atomic mass is 10.1. The Morgan fingerprint density at radius 2 is 1.64 bits per heavy atom. The van der Waals surface area contributed by atoms with E-state index in [-0.39, 0.29) is 11.4 Å². The maximum absolute atomic E-state index is 12.3. The standard InChI is InChI=1S/C16H20N2O3S/c1-13-3-9-16(10-4-13)22(19,20)18(17)12-11-14-5-7-15(21-2)8-6-14/h3-10H,11-12,17H2,1-2H3. The fourth-order valence-corrected chi connectivity index (χ4v) is 3.08. The summed E-state index contributed by atoms with van der Waals surface area (Å²) < 4.78 is 30.7. The number of methoxy groups -OCH3 is 1. The SMILES string of the molecule is COc1ccc(CCN(N)S(=O)(=O)c2ccc(C)cc2)cc1. The molecular formula is C16H20N2O3S. The van der Waals surface area contributed by atoms with Gasteiger partial charge < -0.3 is 4.74 Å². The van der Waals surface area contributed by atoms with Crippen LogP contribution in [0.15, 0.2) is 53.4 Å². The molecule has 0 radical (unpaired) electrons. The minimum atomic E-state index is -3.65. The maximum Gasteiger partial charge on any atom is 0.255 e. The molecule has 0 atom stereocenters. The number of hydrogen-bond acceptors (Lipinski definition) is 4. The minimum absolute atomic E-state index is 0.204. The molecule has 0 aromatic heterocycles. The molecule has 0 spiro atoms. The second kappa shape index (κ2) is 6.91. The van der Waals surface area contributed by atoms with Crippen molar-refractivity contribution in [3.05, 3.63) is 59.7 Å². The first kappa shape index (κ1) is 16.5. The summed E-state index contributed by atoms with van der Waals surface area (Å²) in [6.45, 7) is 2.11. The van der Waals surface area contributed by atoms with Gasteiger partial charge in [0.25, 0.3) is 10.0 Å². The van der Waals surface area contributed by atoms with Gasteiger partial charge in [-0.3, -0.25) is 5.84 Å². The van der Waals surface area contributed by atoms with Gasteiger partial charge >= 0.3 is 0 Å². The fourth-order valence-electron chi connectivity index (χ4n) is 2.00. The summed E-state index contributed by atoms with van der Waals surface area (Å²) in [5.74, 6) is 6.51. The topological polar surface area (TPSA) is 72.6 Å². The van der Waals surface area contributed by atoms with Crippen molar-refractivity contribution in [3.63, 3.8) is 0 Å². The van der Waals surface area contributed by atoms with E-state index >= 15 is 0 Å². The van der Waals surface area contributed by atoms with Crippen molar-refractivity contribution >= 4 is 10.0 Å². The van der Waals surface area contributed by atoms with E-state index in [2.05, 4.69) is 0 Å². The van der Waals surface area contributed by atoms with Crippen molar-refractivity contribution in [2.45, 2.75) is 18.2 Å². The van der Waals surface area contributed by atoms with Crippen LogP contribution < -0.4 is 10.6 Å². The predicted molar refractivity (Wildman–Crippen MR) is 86.0 cm³/mol. The Morgan fingerprint density at radius 3 is 2.18 bits per heavy atom. The minimum Gasteiger partial charge on any atom is -0.497 e. The summed E-state index contributed by atoms with van der Waals surface area (Å²) in [7, 11) is -2.05. The van der Waals surface area contributed by atoms with E-state index in [0.29, 0.717) is 6.42 Å². The van der Waals surface area contributed by atoms with Gasteiger partial charge in [-0.1, -0.05) is 29.8 Å². The largest absolute Gasteiger partial charge is 0.497 e. The van der Waals surface area contributed by atoms with Gasteiger partial charge in [-0.2, -0.15) is 0 Å². The quantitative estimate of drug-likeness (QED) is 0.653. The second-order valence-electron chi connectivity index (χ2n) is 5.03. The van der Waals surface area contributed by atoms with E-state index in [4.69, 9.17) is 10.6 Å². The first-order valence-corrected chi connectivity index (χ1v) is 8.34. The van der Waals surface area contributed by atoms with Crippen molar-refractivity contribution in [1.29, 1.82) is 0 Å². The maximum atomic E-state index is 12.3. The highest BCUT2D eigenvalue weighted by molar-refractivity contribution is 7.89. The molecule has 2 rings (SSSR count). The van der Waals surface area contributed by atoms with Crippen LogP contribution in [-0.4, -0.2) is 26.5 Å². The smallest absolute Gasteiger partial charge is 0.255 e. The van der Waals surface area contributed by atoms with E-state index in [9.17, 15) is 8.42 Å². The zero-order valence-electron chi connectivity index (χ0n) is 12.7. The number of nitrogens with two attached hydrogens (primary N) is 1. The number of rotatable bonds is 6. The lowest BCUT2D eigenvalue weighted by molar-refractivity contribution is 0.414. The summed E-state index contributed by atoms with van der Waals surface area (Å²) in [6, 6.07) is 14.1. The molecule has 0 aliphatic carbocycles. The number of hydrogen-bond donors (Lipinski definition) is 1. The average Bonchev–Trinajstić information content (AvgIpc) is 2.53. The third-order valence-corrected chi connectivity index (χ3v) is 5.08. The molecule has 0 fully saturated rings.